The number of benzene rings is 1. The predicted molar refractivity (Wildman–Crippen MR) is 61.3 cm³/mol. The van der Waals surface area contributed by atoms with Crippen molar-refractivity contribution in [2.45, 2.75) is 0 Å². The molecule has 2 nitrogen and oxygen atoms in total. The molecular formula is C9H5BrCl2N2. The van der Waals surface area contributed by atoms with Crippen LogP contribution in [0.2, 0.25) is 10.0 Å². The van der Waals surface area contributed by atoms with Crippen LogP contribution in [0, 0.1) is 0 Å². The summed E-state index contributed by atoms with van der Waals surface area (Å²) in [7, 11) is 0. The van der Waals surface area contributed by atoms with Gasteiger partial charge in [-0.05, 0) is 34.1 Å². The summed E-state index contributed by atoms with van der Waals surface area (Å²) < 4.78 is 2.51. The summed E-state index contributed by atoms with van der Waals surface area (Å²) in [6, 6.07) is 5.29. The van der Waals surface area contributed by atoms with Crippen LogP contribution in [0.4, 0.5) is 0 Å². The number of aromatic nitrogens is 2. The monoisotopic (exact) mass is 290 g/mol. The maximum atomic E-state index is 6.03. The number of imidazole rings is 1. The van der Waals surface area contributed by atoms with Gasteiger partial charge in [-0.15, -0.1) is 0 Å². The van der Waals surface area contributed by atoms with Crippen molar-refractivity contribution in [2.75, 3.05) is 0 Å². The molecule has 0 aliphatic carbocycles. The Labute approximate surface area is 99.6 Å². The van der Waals surface area contributed by atoms with Gasteiger partial charge in [0.25, 0.3) is 0 Å². The average Bonchev–Trinajstić information content (AvgIpc) is 2.56. The summed E-state index contributed by atoms with van der Waals surface area (Å²) in [5, 5.41) is 1.28. The van der Waals surface area contributed by atoms with Crippen LogP contribution in [-0.2, 0) is 0 Å². The number of halogens is 3. The molecular weight excluding hydrogens is 287 g/mol. The SMILES string of the molecule is Clc1ccc(Cl)c(-n2ccnc2Br)c1. The van der Waals surface area contributed by atoms with Gasteiger partial charge in [0.1, 0.15) is 0 Å². The topological polar surface area (TPSA) is 17.8 Å². The Balaban J connectivity index is 2.62. The minimum atomic E-state index is 0.633. The van der Waals surface area contributed by atoms with E-state index >= 15 is 0 Å². The van der Waals surface area contributed by atoms with Gasteiger partial charge >= 0.3 is 0 Å². The molecule has 0 aliphatic rings. The van der Waals surface area contributed by atoms with E-state index in [1.54, 1.807) is 24.4 Å². The lowest BCUT2D eigenvalue weighted by atomic mass is 10.3. The van der Waals surface area contributed by atoms with E-state index in [0.29, 0.717) is 14.8 Å². The van der Waals surface area contributed by atoms with Gasteiger partial charge in [0.2, 0.25) is 0 Å². The maximum absolute atomic E-state index is 6.03. The third kappa shape index (κ3) is 1.80. The van der Waals surface area contributed by atoms with Crippen molar-refractivity contribution in [3.05, 3.63) is 45.4 Å². The summed E-state index contributed by atoms with van der Waals surface area (Å²) >= 11 is 15.2. The number of nitrogens with zero attached hydrogens (tertiary/aromatic N) is 2. The van der Waals surface area contributed by atoms with Gasteiger partial charge in [0, 0.05) is 17.4 Å². The molecule has 2 rings (SSSR count). The Kier molecular flexibility index (Phi) is 2.81. The van der Waals surface area contributed by atoms with Gasteiger partial charge in [-0.1, -0.05) is 23.2 Å². The molecule has 0 aliphatic heterocycles. The van der Waals surface area contributed by atoms with Gasteiger partial charge in [0.15, 0.2) is 4.73 Å². The Bertz CT molecular complexity index is 468. The number of rotatable bonds is 1. The third-order valence-electron chi connectivity index (χ3n) is 1.76. The van der Waals surface area contributed by atoms with Crippen LogP contribution in [0.3, 0.4) is 0 Å². The molecule has 1 aromatic carbocycles. The highest BCUT2D eigenvalue weighted by molar-refractivity contribution is 9.10. The van der Waals surface area contributed by atoms with Crippen molar-refractivity contribution in [3.8, 4) is 5.69 Å². The second-order valence-electron chi connectivity index (χ2n) is 2.66. The van der Waals surface area contributed by atoms with Crippen molar-refractivity contribution in [2.24, 2.45) is 0 Å². The molecule has 0 atom stereocenters. The van der Waals surface area contributed by atoms with E-state index in [1.165, 1.54) is 0 Å². The smallest absolute Gasteiger partial charge is 0.181 e. The minimum absolute atomic E-state index is 0.633. The highest BCUT2D eigenvalue weighted by Crippen LogP contribution is 2.26. The van der Waals surface area contributed by atoms with Gasteiger partial charge in [-0.2, -0.15) is 0 Å². The van der Waals surface area contributed by atoms with Gasteiger partial charge in [0.05, 0.1) is 10.7 Å². The zero-order valence-electron chi connectivity index (χ0n) is 6.92. The lowest BCUT2D eigenvalue weighted by Gasteiger charge is -2.06. The van der Waals surface area contributed by atoms with E-state index in [2.05, 4.69) is 20.9 Å². The van der Waals surface area contributed by atoms with Crippen LogP contribution in [0.5, 0.6) is 0 Å². The second-order valence-corrected chi connectivity index (χ2v) is 4.21. The molecule has 2 aromatic rings. The van der Waals surface area contributed by atoms with E-state index in [1.807, 2.05) is 10.8 Å². The fraction of sp³-hybridized carbons (Fsp3) is 0. The van der Waals surface area contributed by atoms with Crippen LogP contribution >= 0.6 is 39.1 Å². The largest absolute Gasteiger partial charge is 0.293 e. The Morgan fingerprint density at radius 3 is 2.71 bits per heavy atom. The zero-order chi connectivity index (χ0) is 10.1. The van der Waals surface area contributed by atoms with Crippen molar-refractivity contribution in [1.82, 2.24) is 9.55 Å². The molecule has 0 bridgehead atoms. The molecule has 0 amide bonds. The molecule has 0 radical (unpaired) electrons. The molecule has 5 heteroatoms. The van der Waals surface area contributed by atoms with Crippen LogP contribution in [-0.4, -0.2) is 9.55 Å². The zero-order valence-corrected chi connectivity index (χ0v) is 10.0. The first kappa shape index (κ1) is 10.0. The molecule has 0 N–H and O–H groups in total. The van der Waals surface area contributed by atoms with E-state index in [0.717, 1.165) is 5.69 Å². The maximum Gasteiger partial charge on any atom is 0.181 e. The first-order valence-electron chi connectivity index (χ1n) is 3.83. The number of hydrogen-bond acceptors (Lipinski definition) is 1. The highest BCUT2D eigenvalue weighted by Gasteiger charge is 2.06. The average molecular weight is 292 g/mol. The van der Waals surface area contributed by atoms with Crippen molar-refractivity contribution in [1.29, 1.82) is 0 Å². The van der Waals surface area contributed by atoms with Crippen LogP contribution < -0.4 is 0 Å². The predicted octanol–water partition coefficient (Wildman–Crippen LogP) is 3.94. The first-order valence-corrected chi connectivity index (χ1v) is 5.37. The van der Waals surface area contributed by atoms with E-state index in [4.69, 9.17) is 23.2 Å². The summed E-state index contributed by atoms with van der Waals surface area (Å²) in [5.74, 6) is 0. The van der Waals surface area contributed by atoms with Crippen molar-refractivity contribution < 1.29 is 0 Å². The standard InChI is InChI=1S/C9H5BrCl2N2/c10-9-13-3-4-14(9)8-5-6(11)1-2-7(8)12/h1-5H. The highest BCUT2D eigenvalue weighted by atomic mass is 79.9. The molecule has 72 valence electrons. The van der Waals surface area contributed by atoms with Crippen LogP contribution in [0.15, 0.2) is 35.3 Å². The molecule has 1 aromatic heterocycles. The normalized spacial score (nSPS) is 10.5. The summed E-state index contributed by atoms with van der Waals surface area (Å²) in [5.41, 5.74) is 0.809. The lowest BCUT2D eigenvalue weighted by Crippen LogP contribution is -1.93. The molecule has 0 unspecified atom stereocenters. The molecule has 0 saturated heterocycles. The first-order chi connectivity index (χ1) is 6.68. The van der Waals surface area contributed by atoms with Crippen LogP contribution in [0.25, 0.3) is 5.69 Å². The Hall–Kier alpha value is -0.510. The fourth-order valence-electron chi connectivity index (χ4n) is 1.14. The third-order valence-corrected chi connectivity index (χ3v) is 2.90. The van der Waals surface area contributed by atoms with Crippen LogP contribution in [0.1, 0.15) is 0 Å². The summed E-state index contributed by atoms with van der Waals surface area (Å²) in [6.07, 6.45) is 3.49. The molecule has 0 fully saturated rings. The molecule has 1 heterocycles. The van der Waals surface area contributed by atoms with Crippen molar-refractivity contribution >= 4 is 39.1 Å². The van der Waals surface area contributed by atoms with Gasteiger partial charge in [-0.25, -0.2) is 4.98 Å². The quantitative estimate of drug-likeness (QED) is 0.778. The fourth-order valence-corrected chi connectivity index (χ4v) is 1.94. The Morgan fingerprint density at radius 1 is 1.29 bits per heavy atom. The molecule has 0 spiro atoms. The minimum Gasteiger partial charge on any atom is -0.293 e. The lowest BCUT2D eigenvalue weighted by molar-refractivity contribution is 1.01. The Morgan fingerprint density at radius 2 is 2.07 bits per heavy atom. The van der Waals surface area contributed by atoms with E-state index < -0.39 is 0 Å². The van der Waals surface area contributed by atoms with Gasteiger partial charge < -0.3 is 0 Å². The molecule has 0 saturated carbocycles. The van der Waals surface area contributed by atoms with E-state index in [9.17, 15) is 0 Å². The number of hydrogen-bond donors (Lipinski definition) is 0. The van der Waals surface area contributed by atoms with Crippen molar-refractivity contribution in [3.63, 3.8) is 0 Å². The van der Waals surface area contributed by atoms with Gasteiger partial charge in [-0.3, -0.25) is 4.57 Å². The summed E-state index contributed by atoms with van der Waals surface area (Å²) in [4.78, 5) is 4.04. The summed E-state index contributed by atoms with van der Waals surface area (Å²) in [6.45, 7) is 0. The second kappa shape index (κ2) is 3.93. The van der Waals surface area contributed by atoms with E-state index in [-0.39, 0.29) is 0 Å². The molecule has 14 heavy (non-hydrogen) atoms.